The lowest BCUT2D eigenvalue weighted by Gasteiger charge is -2.06. The lowest BCUT2D eigenvalue weighted by atomic mass is 10.2. The molecule has 1 aromatic rings. The second kappa shape index (κ2) is 7.69. The van der Waals surface area contributed by atoms with Crippen LogP contribution < -0.4 is 5.32 Å². The Morgan fingerprint density at radius 2 is 2.10 bits per heavy atom. The number of rotatable bonds is 6. The van der Waals surface area contributed by atoms with E-state index in [1.165, 1.54) is 19.1 Å². The van der Waals surface area contributed by atoms with Gasteiger partial charge >= 0.3 is 5.97 Å². The number of esters is 1. The number of nitrogens with zero attached hydrogens (tertiary/aromatic N) is 1. The normalized spacial score (nSPS) is 9.40. The van der Waals surface area contributed by atoms with Crippen LogP contribution in [0.5, 0.6) is 0 Å². The minimum absolute atomic E-state index is 0.0241. The summed E-state index contributed by atoms with van der Waals surface area (Å²) in [5, 5.41) is 10.9. The van der Waals surface area contributed by atoms with Gasteiger partial charge in [0.1, 0.15) is 12.4 Å². The summed E-state index contributed by atoms with van der Waals surface area (Å²) in [6.45, 7) is 1.35. The van der Waals surface area contributed by atoms with E-state index in [9.17, 15) is 14.4 Å². The Balaban J connectivity index is 2.66. The smallest absolute Gasteiger partial charge is 0.338 e. The average molecular weight is 274 g/mol. The molecule has 0 saturated heterocycles. The van der Waals surface area contributed by atoms with Gasteiger partial charge in [-0.1, -0.05) is 6.07 Å². The van der Waals surface area contributed by atoms with Crippen LogP contribution in [0.15, 0.2) is 24.3 Å². The summed E-state index contributed by atoms with van der Waals surface area (Å²) in [5.74, 6) is -1.25. The largest absolute Gasteiger partial charge is 0.461 e. The first-order valence-electron chi connectivity index (χ1n) is 5.96. The number of benzene rings is 1. The van der Waals surface area contributed by atoms with Crippen LogP contribution in [-0.2, 0) is 14.3 Å². The number of carbonyl (C=O) groups is 3. The molecule has 0 aliphatic carbocycles. The molecule has 6 nitrogen and oxygen atoms in total. The molecule has 0 fully saturated rings. The molecule has 0 heterocycles. The Hall–Kier alpha value is -2.68. The maximum atomic E-state index is 11.6. The summed E-state index contributed by atoms with van der Waals surface area (Å²) < 4.78 is 4.86. The first kappa shape index (κ1) is 15.4. The van der Waals surface area contributed by atoms with Gasteiger partial charge in [-0.05, 0) is 25.1 Å². The van der Waals surface area contributed by atoms with Crippen molar-refractivity contribution in [3.05, 3.63) is 29.8 Å². The van der Waals surface area contributed by atoms with Gasteiger partial charge in [0.2, 0.25) is 5.91 Å². The molecule has 0 radical (unpaired) electrons. The Morgan fingerprint density at radius 3 is 2.75 bits per heavy atom. The molecule has 20 heavy (non-hydrogen) atoms. The quantitative estimate of drug-likeness (QED) is 0.483. The summed E-state index contributed by atoms with van der Waals surface area (Å²) in [7, 11) is 0. The van der Waals surface area contributed by atoms with E-state index in [1.807, 2.05) is 6.07 Å². The monoisotopic (exact) mass is 274 g/mol. The maximum absolute atomic E-state index is 11.6. The molecule has 104 valence electrons. The van der Waals surface area contributed by atoms with Crippen LogP contribution in [-0.4, -0.2) is 24.3 Å². The van der Waals surface area contributed by atoms with Gasteiger partial charge in [0.15, 0.2) is 0 Å². The minimum atomic E-state index is -0.567. The number of hydrogen-bond acceptors (Lipinski definition) is 5. The van der Waals surface area contributed by atoms with Gasteiger partial charge in [0.25, 0.3) is 0 Å². The molecule has 6 heteroatoms. The zero-order chi connectivity index (χ0) is 15.0. The fourth-order valence-electron chi connectivity index (χ4n) is 1.43. The molecule has 0 bridgehead atoms. The number of amides is 1. The third-order valence-corrected chi connectivity index (χ3v) is 2.24. The van der Waals surface area contributed by atoms with Crippen molar-refractivity contribution in [2.45, 2.75) is 19.8 Å². The van der Waals surface area contributed by atoms with Crippen LogP contribution in [0.3, 0.4) is 0 Å². The standard InChI is InChI=1S/C14H14N2O4/c1-10(17)8-13(18)16-12-5-2-4-11(9-12)14(19)20-7-3-6-15/h2,4-5,9H,3,7-8H2,1H3,(H,16,18). The number of ketones is 1. The summed E-state index contributed by atoms with van der Waals surface area (Å²) >= 11 is 0. The summed E-state index contributed by atoms with van der Waals surface area (Å²) in [6.07, 6.45) is -0.0857. The van der Waals surface area contributed by atoms with Gasteiger partial charge in [-0.15, -0.1) is 0 Å². The second-order valence-corrected chi connectivity index (χ2v) is 4.05. The fourth-order valence-corrected chi connectivity index (χ4v) is 1.43. The van der Waals surface area contributed by atoms with Crippen LogP contribution in [0.1, 0.15) is 30.1 Å². The van der Waals surface area contributed by atoms with Crippen molar-refractivity contribution in [1.82, 2.24) is 0 Å². The van der Waals surface area contributed by atoms with Crippen molar-refractivity contribution in [2.75, 3.05) is 11.9 Å². The highest BCUT2D eigenvalue weighted by molar-refractivity contribution is 6.04. The number of carbonyl (C=O) groups excluding carboxylic acids is 3. The van der Waals surface area contributed by atoms with E-state index in [-0.39, 0.29) is 30.8 Å². The summed E-state index contributed by atoms with van der Waals surface area (Å²) in [4.78, 5) is 33.9. The summed E-state index contributed by atoms with van der Waals surface area (Å²) in [5.41, 5.74) is 0.676. The second-order valence-electron chi connectivity index (χ2n) is 4.05. The van der Waals surface area contributed by atoms with Gasteiger partial charge in [-0.25, -0.2) is 4.79 Å². The van der Waals surface area contributed by atoms with E-state index in [4.69, 9.17) is 10.00 Å². The number of ether oxygens (including phenoxy) is 1. The Morgan fingerprint density at radius 1 is 1.35 bits per heavy atom. The topological polar surface area (TPSA) is 96.3 Å². The molecule has 1 aromatic carbocycles. The fraction of sp³-hybridized carbons (Fsp3) is 0.286. The first-order chi connectivity index (χ1) is 9.52. The molecule has 1 rings (SSSR count). The highest BCUT2D eigenvalue weighted by Gasteiger charge is 2.10. The minimum Gasteiger partial charge on any atom is -0.461 e. The highest BCUT2D eigenvalue weighted by atomic mass is 16.5. The van der Waals surface area contributed by atoms with Crippen molar-refractivity contribution in [3.63, 3.8) is 0 Å². The van der Waals surface area contributed by atoms with Crippen molar-refractivity contribution in [3.8, 4) is 6.07 Å². The molecule has 0 aliphatic heterocycles. The van der Waals surface area contributed by atoms with Crippen LogP contribution in [0.2, 0.25) is 0 Å². The molecular formula is C14H14N2O4. The molecule has 0 spiro atoms. The van der Waals surface area contributed by atoms with Gasteiger partial charge in [-0.3, -0.25) is 9.59 Å². The van der Waals surface area contributed by atoms with Crippen LogP contribution in [0, 0.1) is 11.3 Å². The summed E-state index contributed by atoms with van der Waals surface area (Å²) in [6, 6.07) is 8.04. The number of nitrogens with one attached hydrogen (secondary N) is 1. The molecule has 1 N–H and O–H groups in total. The number of nitriles is 1. The molecular weight excluding hydrogens is 260 g/mol. The predicted molar refractivity (Wildman–Crippen MR) is 70.9 cm³/mol. The zero-order valence-corrected chi connectivity index (χ0v) is 11.0. The molecule has 1 amide bonds. The third-order valence-electron chi connectivity index (χ3n) is 2.24. The predicted octanol–water partition coefficient (Wildman–Crippen LogP) is 1.67. The van der Waals surface area contributed by atoms with Gasteiger partial charge in [-0.2, -0.15) is 5.26 Å². The Labute approximate surface area is 116 Å². The van der Waals surface area contributed by atoms with E-state index >= 15 is 0 Å². The van der Waals surface area contributed by atoms with Crippen LogP contribution in [0.4, 0.5) is 5.69 Å². The lowest BCUT2D eigenvalue weighted by molar-refractivity contribution is -0.124. The van der Waals surface area contributed by atoms with Crippen molar-refractivity contribution < 1.29 is 19.1 Å². The number of hydrogen-bond donors (Lipinski definition) is 1. The maximum Gasteiger partial charge on any atom is 0.338 e. The number of Topliss-reactive ketones (excluding diaryl/α,β-unsaturated/α-hetero) is 1. The van der Waals surface area contributed by atoms with Gasteiger partial charge in [0.05, 0.1) is 24.5 Å². The van der Waals surface area contributed by atoms with E-state index in [0.29, 0.717) is 5.69 Å². The van der Waals surface area contributed by atoms with E-state index in [2.05, 4.69) is 5.32 Å². The van der Waals surface area contributed by atoms with Crippen LogP contribution in [0.25, 0.3) is 0 Å². The van der Waals surface area contributed by atoms with Crippen molar-refractivity contribution in [2.24, 2.45) is 0 Å². The molecule has 0 aliphatic rings. The highest BCUT2D eigenvalue weighted by Crippen LogP contribution is 2.12. The zero-order valence-electron chi connectivity index (χ0n) is 11.0. The lowest BCUT2D eigenvalue weighted by Crippen LogP contribution is -2.15. The third kappa shape index (κ3) is 5.31. The Kier molecular flexibility index (Phi) is 5.91. The molecule has 0 unspecified atom stereocenters. The molecule has 0 saturated carbocycles. The average Bonchev–Trinajstić information content (AvgIpc) is 2.38. The molecule has 0 aromatic heterocycles. The van der Waals surface area contributed by atoms with Crippen molar-refractivity contribution in [1.29, 1.82) is 5.26 Å². The Bertz CT molecular complexity index is 561. The number of anilines is 1. The van der Waals surface area contributed by atoms with Crippen molar-refractivity contribution >= 4 is 23.3 Å². The van der Waals surface area contributed by atoms with Gasteiger partial charge < -0.3 is 10.1 Å². The van der Waals surface area contributed by atoms with E-state index < -0.39 is 11.9 Å². The van der Waals surface area contributed by atoms with Crippen LogP contribution >= 0.6 is 0 Å². The molecule has 0 atom stereocenters. The van der Waals surface area contributed by atoms with E-state index in [1.54, 1.807) is 12.1 Å². The SMILES string of the molecule is CC(=O)CC(=O)Nc1cccc(C(=O)OCCC#N)c1. The van der Waals surface area contributed by atoms with Gasteiger partial charge in [0, 0.05) is 5.69 Å². The first-order valence-corrected chi connectivity index (χ1v) is 5.96. The van der Waals surface area contributed by atoms with E-state index in [0.717, 1.165) is 0 Å².